The molecule has 0 bridgehead atoms. The van der Waals surface area contributed by atoms with Crippen molar-refractivity contribution in [1.29, 1.82) is 0 Å². The largest absolute Gasteiger partial charge is 0.434 e. The van der Waals surface area contributed by atoms with Gasteiger partial charge in [-0.3, -0.25) is 19.2 Å². The minimum atomic E-state index is -4.82. The molecule has 3 aliphatic carbocycles. The molecule has 3 saturated carbocycles. The van der Waals surface area contributed by atoms with Crippen molar-refractivity contribution in [1.82, 2.24) is 15.5 Å². The SMILES string of the molecule is CC1(C)[C@@H]2[C@@H](C(=O)N[C@H](CC3CC3)C(=O)C(N)=O)N(C(=O)[C@@H](NC(=O)OC(C)(C)C(F)(F)F)C3CCCCC3)C[C@@H]21. The summed E-state index contributed by atoms with van der Waals surface area (Å²) in [6.45, 7) is 5.64. The highest BCUT2D eigenvalue weighted by atomic mass is 19.4. The zero-order valence-electron chi connectivity index (χ0n) is 24.0. The molecule has 4 rings (SSSR count). The number of ether oxygens (including phenoxy) is 1. The molecule has 0 radical (unpaired) electrons. The lowest BCUT2D eigenvalue weighted by molar-refractivity contribution is -0.244. The molecule has 10 nitrogen and oxygen atoms in total. The number of Topliss-reactive ketones (excluding diaryl/α,β-unsaturated/α-hetero) is 1. The smallest absolute Gasteiger partial charge is 0.427 e. The Morgan fingerprint density at radius 2 is 1.61 bits per heavy atom. The molecule has 4 fully saturated rings. The van der Waals surface area contributed by atoms with E-state index in [-0.39, 0.29) is 42.1 Å². The van der Waals surface area contributed by atoms with Crippen molar-refractivity contribution >= 4 is 29.6 Å². The van der Waals surface area contributed by atoms with Crippen molar-refractivity contribution in [2.45, 2.75) is 109 Å². The van der Waals surface area contributed by atoms with Gasteiger partial charge in [0.05, 0.1) is 6.04 Å². The van der Waals surface area contributed by atoms with Crippen LogP contribution in [0.1, 0.15) is 79.1 Å². The maximum atomic E-state index is 14.1. The number of primary amides is 1. The number of amides is 4. The van der Waals surface area contributed by atoms with Crippen LogP contribution in [-0.2, 0) is 23.9 Å². The molecule has 1 saturated heterocycles. The first-order valence-corrected chi connectivity index (χ1v) is 14.5. The molecule has 0 aromatic carbocycles. The fourth-order valence-electron chi connectivity index (χ4n) is 6.63. The van der Waals surface area contributed by atoms with Crippen LogP contribution in [0.15, 0.2) is 0 Å². The Morgan fingerprint density at radius 1 is 1.00 bits per heavy atom. The summed E-state index contributed by atoms with van der Waals surface area (Å²) < 4.78 is 44.8. The monoisotopic (exact) mass is 586 g/mol. The third kappa shape index (κ3) is 6.48. The molecule has 4 aliphatic rings. The Kier molecular flexibility index (Phi) is 8.41. The topological polar surface area (TPSA) is 148 Å². The normalized spacial score (nSPS) is 27.3. The number of carbonyl (C=O) groups is 5. The van der Waals surface area contributed by atoms with Gasteiger partial charge in [0.25, 0.3) is 5.91 Å². The number of fused-ring (bicyclic) bond motifs is 1. The molecule has 1 heterocycles. The number of alkyl halides is 3. The fourth-order valence-corrected chi connectivity index (χ4v) is 6.63. The average Bonchev–Trinajstić information content (AvgIpc) is 3.73. The molecular formula is C28H41F3N4O6. The summed E-state index contributed by atoms with van der Waals surface area (Å²) in [6.07, 6.45) is -0.472. The Hall–Kier alpha value is -2.86. The van der Waals surface area contributed by atoms with Gasteiger partial charge >= 0.3 is 12.3 Å². The summed E-state index contributed by atoms with van der Waals surface area (Å²) >= 11 is 0. The highest BCUT2D eigenvalue weighted by Crippen LogP contribution is 2.65. The van der Waals surface area contributed by atoms with Crippen LogP contribution in [0, 0.1) is 29.1 Å². The molecule has 5 atom stereocenters. The number of halogens is 3. The highest BCUT2D eigenvalue weighted by Gasteiger charge is 2.70. The second-order valence-electron chi connectivity index (χ2n) is 13.3. The zero-order chi connectivity index (χ0) is 30.5. The van der Waals surface area contributed by atoms with Crippen LogP contribution in [0.2, 0.25) is 0 Å². The maximum absolute atomic E-state index is 14.1. The number of nitrogens with one attached hydrogen (secondary N) is 2. The van der Waals surface area contributed by atoms with Crippen LogP contribution in [0.3, 0.4) is 0 Å². The van der Waals surface area contributed by atoms with Gasteiger partial charge in [-0.2, -0.15) is 13.2 Å². The molecule has 230 valence electrons. The predicted molar refractivity (Wildman–Crippen MR) is 140 cm³/mol. The number of carbonyl (C=O) groups excluding carboxylic acids is 5. The van der Waals surface area contributed by atoms with Gasteiger partial charge in [-0.05, 0) is 62.2 Å². The van der Waals surface area contributed by atoms with Crippen LogP contribution in [0.4, 0.5) is 18.0 Å². The number of ketones is 1. The van der Waals surface area contributed by atoms with Gasteiger partial charge in [-0.25, -0.2) is 4.79 Å². The zero-order valence-corrected chi connectivity index (χ0v) is 24.0. The van der Waals surface area contributed by atoms with E-state index in [0.29, 0.717) is 12.8 Å². The van der Waals surface area contributed by atoms with Crippen molar-refractivity contribution in [3.63, 3.8) is 0 Å². The Balaban J connectivity index is 1.56. The van der Waals surface area contributed by atoms with E-state index in [2.05, 4.69) is 10.6 Å². The fraction of sp³-hybridized carbons (Fsp3) is 0.821. The minimum Gasteiger partial charge on any atom is -0.434 e. The van der Waals surface area contributed by atoms with E-state index in [9.17, 15) is 37.1 Å². The van der Waals surface area contributed by atoms with Gasteiger partial charge in [-0.15, -0.1) is 0 Å². The second kappa shape index (κ2) is 11.1. The molecule has 0 unspecified atom stereocenters. The molecule has 13 heteroatoms. The van der Waals surface area contributed by atoms with E-state index >= 15 is 0 Å². The van der Waals surface area contributed by atoms with E-state index in [0.717, 1.165) is 46.0 Å². The van der Waals surface area contributed by atoms with E-state index in [1.165, 1.54) is 4.90 Å². The van der Waals surface area contributed by atoms with Crippen LogP contribution < -0.4 is 16.4 Å². The number of piperidine rings is 1. The maximum Gasteiger partial charge on any atom is 0.427 e. The summed E-state index contributed by atoms with van der Waals surface area (Å²) in [5.74, 6) is -3.58. The number of nitrogens with two attached hydrogens (primary N) is 1. The Bertz CT molecular complexity index is 1080. The summed E-state index contributed by atoms with van der Waals surface area (Å²) in [4.78, 5) is 66.0. The molecule has 4 amide bonds. The number of likely N-dealkylation sites (tertiary alicyclic amines) is 1. The van der Waals surface area contributed by atoms with Crippen molar-refractivity contribution < 1.29 is 41.9 Å². The molecule has 0 spiro atoms. The number of alkyl carbamates (subject to hydrolysis) is 1. The van der Waals surface area contributed by atoms with Crippen LogP contribution in [0.25, 0.3) is 0 Å². The number of hydrogen-bond acceptors (Lipinski definition) is 6. The molecule has 4 N–H and O–H groups in total. The lowest BCUT2D eigenvalue weighted by atomic mass is 9.83. The standard InChI is InChI=1S/C28H41F3N4O6/c1-26(2)16-13-35(20(18(16)26)23(38)33-17(12-14-10-11-14)21(36)22(32)37)24(39)19(15-8-6-5-7-9-15)34-25(40)41-27(3,4)28(29,30)31/h14-20H,5-13H2,1-4H3,(H2,32,37)(H,33,38)(H,34,40)/t16-,17+,18-,19-,20-/m0/s1. The molecule has 1 aliphatic heterocycles. The van der Waals surface area contributed by atoms with Crippen molar-refractivity contribution in [2.75, 3.05) is 6.54 Å². The van der Waals surface area contributed by atoms with Gasteiger partial charge in [0.2, 0.25) is 23.2 Å². The van der Waals surface area contributed by atoms with Gasteiger partial charge in [-0.1, -0.05) is 46.0 Å². The lowest BCUT2D eigenvalue weighted by Gasteiger charge is -2.37. The van der Waals surface area contributed by atoms with Crippen molar-refractivity contribution in [3.8, 4) is 0 Å². The molecule has 0 aromatic rings. The van der Waals surface area contributed by atoms with Crippen LogP contribution >= 0.6 is 0 Å². The first-order valence-electron chi connectivity index (χ1n) is 14.5. The number of hydrogen-bond donors (Lipinski definition) is 3. The van der Waals surface area contributed by atoms with E-state index in [1.54, 1.807) is 0 Å². The van der Waals surface area contributed by atoms with Gasteiger partial charge in [0, 0.05) is 6.54 Å². The first kappa shape index (κ1) is 31.1. The summed E-state index contributed by atoms with van der Waals surface area (Å²) in [7, 11) is 0. The third-order valence-electron chi connectivity index (χ3n) is 9.59. The lowest BCUT2D eigenvalue weighted by Crippen LogP contribution is -2.60. The second-order valence-corrected chi connectivity index (χ2v) is 13.3. The van der Waals surface area contributed by atoms with Gasteiger partial charge in [0.1, 0.15) is 12.1 Å². The summed E-state index contributed by atoms with van der Waals surface area (Å²) in [5.41, 5.74) is 2.19. The predicted octanol–water partition coefficient (Wildman–Crippen LogP) is 2.82. The minimum absolute atomic E-state index is 0.0148. The number of rotatable bonds is 10. The van der Waals surface area contributed by atoms with Gasteiger partial charge < -0.3 is 26.0 Å². The third-order valence-corrected chi connectivity index (χ3v) is 9.59. The number of nitrogens with zero attached hydrogens (tertiary/aromatic N) is 1. The Morgan fingerprint density at radius 3 is 2.15 bits per heavy atom. The first-order chi connectivity index (χ1) is 19.0. The average molecular weight is 587 g/mol. The molecule has 41 heavy (non-hydrogen) atoms. The van der Waals surface area contributed by atoms with E-state index in [4.69, 9.17) is 10.5 Å². The molecule has 0 aromatic heterocycles. The van der Waals surface area contributed by atoms with Crippen LogP contribution in [-0.4, -0.2) is 70.9 Å². The van der Waals surface area contributed by atoms with E-state index < -0.39 is 59.5 Å². The van der Waals surface area contributed by atoms with Gasteiger partial charge in [0.15, 0.2) is 0 Å². The summed E-state index contributed by atoms with van der Waals surface area (Å²) in [6, 6.07) is -3.25. The van der Waals surface area contributed by atoms with Crippen LogP contribution in [0.5, 0.6) is 0 Å². The summed E-state index contributed by atoms with van der Waals surface area (Å²) in [5, 5.41) is 5.09. The van der Waals surface area contributed by atoms with Crippen molar-refractivity contribution in [3.05, 3.63) is 0 Å². The van der Waals surface area contributed by atoms with E-state index in [1.807, 2.05) is 13.8 Å². The van der Waals surface area contributed by atoms with Crippen molar-refractivity contribution in [2.24, 2.45) is 34.8 Å². The quantitative estimate of drug-likeness (QED) is 0.336. The molecular weight excluding hydrogens is 545 g/mol. The highest BCUT2D eigenvalue weighted by molar-refractivity contribution is 6.37. The Labute approximate surface area is 237 Å².